The molecule has 17 heavy (non-hydrogen) atoms. The average Bonchev–Trinajstić information content (AvgIpc) is 2.30. The number of carbonyl (C=O) groups is 2. The smallest absolute Gasteiger partial charge is 0.322 e. The van der Waals surface area contributed by atoms with E-state index in [1.807, 2.05) is 0 Å². The lowest BCUT2D eigenvalue weighted by atomic mass is 10.2. The van der Waals surface area contributed by atoms with Crippen LogP contribution in [0.5, 0.6) is 0 Å². The van der Waals surface area contributed by atoms with Crippen molar-refractivity contribution in [1.82, 2.24) is 4.98 Å². The minimum Gasteiger partial charge on any atom is -0.868 e. The molecule has 5 nitrogen and oxygen atoms in total. The Balaban J connectivity index is 2.60. The Labute approximate surface area is 98.7 Å². The number of hydrogen-bond acceptors (Lipinski definition) is 5. The highest BCUT2D eigenvalue weighted by molar-refractivity contribution is 5.98. The molecule has 1 heterocycles. The number of esters is 1. The van der Waals surface area contributed by atoms with E-state index in [2.05, 4.69) is 9.72 Å². The number of carbonyl (C=O) groups excluding carboxylic acids is 2. The van der Waals surface area contributed by atoms with Gasteiger partial charge in [-0.3, -0.25) is 9.78 Å². The third kappa shape index (κ3) is 4.46. The molecule has 0 fully saturated rings. The van der Waals surface area contributed by atoms with Crippen LogP contribution in [0.15, 0.2) is 36.2 Å². The van der Waals surface area contributed by atoms with E-state index in [9.17, 15) is 14.7 Å². The van der Waals surface area contributed by atoms with E-state index >= 15 is 0 Å². The van der Waals surface area contributed by atoms with Crippen LogP contribution >= 0.6 is 0 Å². The van der Waals surface area contributed by atoms with Gasteiger partial charge in [0.25, 0.3) is 0 Å². The van der Waals surface area contributed by atoms with Gasteiger partial charge in [0.15, 0.2) is 5.78 Å². The molecule has 0 spiro atoms. The normalized spacial score (nSPS) is 11.0. The molecule has 1 aromatic rings. The summed E-state index contributed by atoms with van der Waals surface area (Å²) in [6.07, 6.45) is 2.29. The summed E-state index contributed by atoms with van der Waals surface area (Å²) in [5.74, 6) is -2.42. The molecule has 5 heteroatoms. The Bertz CT molecular complexity index is 425. The summed E-state index contributed by atoms with van der Waals surface area (Å²) in [5, 5.41) is 11.2. The van der Waals surface area contributed by atoms with E-state index in [0.29, 0.717) is 5.69 Å². The first-order valence-corrected chi connectivity index (χ1v) is 5.12. The molecule has 0 aliphatic heterocycles. The molecule has 0 N–H and O–H groups in total. The van der Waals surface area contributed by atoms with Crippen molar-refractivity contribution < 1.29 is 19.4 Å². The van der Waals surface area contributed by atoms with Crippen LogP contribution < -0.4 is 5.11 Å². The Morgan fingerprint density at radius 1 is 1.47 bits per heavy atom. The molecule has 0 saturated heterocycles. The van der Waals surface area contributed by atoms with Crippen molar-refractivity contribution in [3.05, 3.63) is 41.9 Å². The van der Waals surface area contributed by atoms with E-state index in [1.165, 1.54) is 0 Å². The zero-order valence-corrected chi connectivity index (χ0v) is 9.38. The fraction of sp³-hybridized carbons (Fsp3) is 0.250. The van der Waals surface area contributed by atoms with E-state index in [0.717, 1.165) is 6.08 Å². The van der Waals surface area contributed by atoms with Gasteiger partial charge < -0.3 is 9.84 Å². The van der Waals surface area contributed by atoms with Gasteiger partial charge in [0.2, 0.25) is 0 Å². The summed E-state index contributed by atoms with van der Waals surface area (Å²) < 4.78 is 4.47. The molecule has 0 amide bonds. The quantitative estimate of drug-likeness (QED) is 0.407. The predicted octanol–water partition coefficient (Wildman–Crippen LogP) is 0.000500. The number of pyridine rings is 1. The second-order valence-electron chi connectivity index (χ2n) is 3.19. The first-order chi connectivity index (χ1) is 8.13. The predicted molar refractivity (Wildman–Crippen MR) is 57.7 cm³/mol. The highest BCUT2D eigenvalue weighted by Crippen LogP contribution is 1.98. The minimum atomic E-state index is -1.01. The first-order valence-electron chi connectivity index (χ1n) is 5.12. The molecule has 0 bridgehead atoms. The zero-order chi connectivity index (χ0) is 12.7. The highest BCUT2D eigenvalue weighted by Gasteiger charge is 2.04. The first kappa shape index (κ1) is 12.9. The monoisotopic (exact) mass is 234 g/mol. The van der Waals surface area contributed by atoms with Gasteiger partial charge in [-0.05, 0) is 30.9 Å². The fourth-order valence-electron chi connectivity index (χ4n) is 1.14. The summed E-state index contributed by atoms with van der Waals surface area (Å²) in [5.41, 5.74) is 0.547. The van der Waals surface area contributed by atoms with Crippen molar-refractivity contribution in [3.63, 3.8) is 0 Å². The lowest BCUT2D eigenvalue weighted by molar-refractivity contribution is -0.303. The molecule has 0 atom stereocenters. The Kier molecular flexibility index (Phi) is 4.87. The lowest BCUT2D eigenvalue weighted by Crippen LogP contribution is -2.20. The number of hydrogen-bond donors (Lipinski definition) is 0. The summed E-state index contributed by atoms with van der Waals surface area (Å²) in [7, 11) is 0. The number of ether oxygens (including phenoxy) is 1. The molecular formula is C12H12NO4-. The van der Waals surface area contributed by atoms with E-state index in [4.69, 9.17) is 0 Å². The van der Waals surface area contributed by atoms with Gasteiger partial charge in [0.1, 0.15) is 0 Å². The standard InChI is InChI=1S/C12H13NO4/c1-2-17-12(16)11(15)8-10(14)7-9-5-3-4-6-13-9/h3-6,8,15H,2,7H2,1H3/p-1/b11-8-. The molecule has 1 aromatic heterocycles. The molecule has 0 aliphatic rings. The largest absolute Gasteiger partial charge is 0.868 e. The Hall–Kier alpha value is -2.17. The number of nitrogens with zero attached hydrogens (tertiary/aromatic N) is 1. The molecular weight excluding hydrogens is 222 g/mol. The van der Waals surface area contributed by atoms with Crippen LogP contribution in [-0.4, -0.2) is 23.3 Å². The van der Waals surface area contributed by atoms with Gasteiger partial charge in [0, 0.05) is 11.9 Å². The molecule has 0 unspecified atom stereocenters. The maximum atomic E-state index is 11.4. The minimum absolute atomic E-state index is 0.00795. The van der Waals surface area contributed by atoms with Crippen LogP contribution in [0.2, 0.25) is 0 Å². The van der Waals surface area contributed by atoms with Crippen LogP contribution in [0.3, 0.4) is 0 Å². The van der Waals surface area contributed by atoms with Crippen LogP contribution in [0.4, 0.5) is 0 Å². The summed E-state index contributed by atoms with van der Waals surface area (Å²) >= 11 is 0. The molecule has 0 saturated carbocycles. The van der Waals surface area contributed by atoms with Crippen LogP contribution in [0, 0.1) is 0 Å². The summed E-state index contributed by atoms with van der Waals surface area (Å²) in [6.45, 7) is 1.69. The van der Waals surface area contributed by atoms with Gasteiger partial charge in [-0.25, -0.2) is 4.79 Å². The van der Waals surface area contributed by atoms with Crippen molar-refractivity contribution >= 4 is 11.8 Å². The van der Waals surface area contributed by atoms with Gasteiger partial charge in [0.05, 0.1) is 13.0 Å². The third-order valence-corrected chi connectivity index (χ3v) is 1.85. The maximum absolute atomic E-state index is 11.4. The van der Waals surface area contributed by atoms with Crippen molar-refractivity contribution in [3.8, 4) is 0 Å². The van der Waals surface area contributed by atoms with Crippen LogP contribution in [0.25, 0.3) is 0 Å². The average molecular weight is 234 g/mol. The van der Waals surface area contributed by atoms with Gasteiger partial charge >= 0.3 is 5.97 Å². The fourth-order valence-corrected chi connectivity index (χ4v) is 1.14. The van der Waals surface area contributed by atoms with E-state index in [-0.39, 0.29) is 13.0 Å². The SMILES string of the molecule is CCOC(=O)/C([O-])=C/C(=O)Cc1ccccn1. The Morgan fingerprint density at radius 3 is 2.82 bits per heavy atom. The number of rotatable bonds is 5. The number of ketones is 1. The molecule has 0 aromatic carbocycles. The lowest BCUT2D eigenvalue weighted by Gasteiger charge is -2.09. The van der Waals surface area contributed by atoms with E-state index in [1.54, 1.807) is 31.3 Å². The molecule has 0 radical (unpaired) electrons. The topological polar surface area (TPSA) is 79.3 Å². The van der Waals surface area contributed by atoms with Gasteiger partial charge in [-0.1, -0.05) is 6.07 Å². The maximum Gasteiger partial charge on any atom is 0.322 e. The van der Waals surface area contributed by atoms with Crippen LogP contribution in [-0.2, 0) is 20.7 Å². The number of allylic oxidation sites excluding steroid dienone is 1. The van der Waals surface area contributed by atoms with Crippen molar-refractivity contribution in [2.24, 2.45) is 0 Å². The van der Waals surface area contributed by atoms with Crippen molar-refractivity contribution in [2.75, 3.05) is 6.61 Å². The second kappa shape index (κ2) is 6.42. The molecule has 90 valence electrons. The number of aromatic nitrogens is 1. The van der Waals surface area contributed by atoms with Gasteiger partial charge in [-0.2, -0.15) is 0 Å². The Morgan fingerprint density at radius 2 is 2.24 bits per heavy atom. The second-order valence-corrected chi connectivity index (χ2v) is 3.19. The van der Waals surface area contributed by atoms with Crippen molar-refractivity contribution in [2.45, 2.75) is 13.3 Å². The molecule has 1 rings (SSSR count). The highest BCUT2D eigenvalue weighted by atomic mass is 16.5. The van der Waals surface area contributed by atoms with E-state index < -0.39 is 17.5 Å². The summed E-state index contributed by atoms with van der Waals surface area (Å²) in [6, 6.07) is 5.13. The van der Waals surface area contributed by atoms with Crippen LogP contribution in [0.1, 0.15) is 12.6 Å². The third-order valence-electron chi connectivity index (χ3n) is 1.85. The molecule has 0 aliphatic carbocycles. The summed E-state index contributed by atoms with van der Waals surface area (Å²) in [4.78, 5) is 26.3. The zero-order valence-electron chi connectivity index (χ0n) is 9.38. The van der Waals surface area contributed by atoms with Gasteiger partial charge in [-0.15, -0.1) is 0 Å². The van der Waals surface area contributed by atoms with Crippen molar-refractivity contribution in [1.29, 1.82) is 0 Å².